The van der Waals surface area contributed by atoms with Crippen LogP contribution in [0.1, 0.15) is 28.8 Å². The summed E-state index contributed by atoms with van der Waals surface area (Å²) in [5, 5.41) is 0. The number of hydrogen-bond donors (Lipinski definition) is 1. The highest BCUT2D eigenvalue weighted by Crippen LogP contribution is 2.26. The molecular formula is C15H20BrN3O. The molecule has 1 atom stereocenters. The van der Waals surface area contributed by atoms with Gasteiger partial charge in [-0.3, -0.25) is 9.69 Å². The summed E-state index contributed by atoms with van der Waals surface area (Å²) >= 11 is 3.43. The van der Waals surface area contributed by atoms with Gasteiger partial charge in [0.1, 0.15) is 0 Å². The molecule has 0 spiro atoms. The maximum Gasteiger partial charge on any atom is 0.254 e. The lowest BCUT2D eigenvalue weighted by Gasteiger charge is -2.37. The molecule has 2 saturated heterocycles. The first kappa shape index (κ1) is 13.9. The maximum atomic E-state index is 12.7. The van der Waals surface area contributed by atoms with Gasteiger partial charge in [0.25, 0.3) is 5.91 Å². The Morgan fingerprint density at radius 1 is 1.35 bits per heavy atom. The van der Waals surface area contributed by atoms with Crippen LogP contribution in [0.15, 0.2) is 16.6 Å². The van der Waals surface area contributed by atoms with Gasteiger partial charge < -0.3 is 10.6 Å². The summed E-state index contributed by atoms with van der Waals surface area (Å²) in [6, 6.07) is 4.29. The van der Waals surface area contributed by atoms with Crippen molar-refractivity contribution in [1.29, 1.82) is 0 Å². The molecule has 3 rings (SSSR count). The third-order valence-corrected chi connectivity index (χ3v) is 4.98. The summed E-state index contributed by atoms with van der Waals surface area (Å²) in [4.78, 5) is 17.2. The largest absolute Gasteiger partial charge is 0.398 e. The Morgan fingerprint density at radius 2 is 2.15 bits per heavy atom. The highest BCUT2D eigenvalue weighted by Gasteiger charge is 2.33. The van der Waals surface area contributed by atoms with E-state index in [4.69, 9.17) is 5.73 Å². The quantitative estimate of drug-likeness (QED) is 0.799. The molecule has 108 valence electrons. The normalized spacial score (nSPS) is 22.9. The fourth-order valence-electron chi connectivity index (χ4n) is 3.27. The predicted molar refractivity (Wildman–Crippen MR) is 83.8 cm³/mol. The average Bonchev–Trinajstić information content (AvgIpc) is 2.89. The molecule has 2 heterocycles. The van der Waals surface area contributed by atoms with Gasteiger partial charge in [-0.15, -0.1) is 0 Å². The molecule has 1 amide bonds. The molecule has 0 bridgehead atoms. The summed E-state index contributed by atoms with van der Waals surface area (Å²) < 4.78 is 0.864. The molecule has 5 heteroatoms. The fraction of sp³-hybridized carbons (Fsp3) is 0.533. The van der Waals surface area contributed by atoms with Crippen LogP contribution in [0.2, 0.25) is 0 Å². The number of hydrogen-bond acceptors (Lipinski definition) is 3. The lowest BCUT2D eigenvalue weighted by atomic mass is 10.0. The molecule has 0 aromatic heterocycles. The number of nitrogens with zero attached hydrogens (tertiary/aromatic N) is 2. The van der Waals surface area contributed by atoms with Gasteiger partial charge in [-0.25, -0.2) is 0 Å². The number of rotatable bonds is 1. The first-order chi connectivity index (χ1) is 9.56. The number of halogens is 1. The number of piperazine rings is 1. The van der Waals surface area contributed by atoms with Gasteiger partial charge in [-0.1, -0.05) is 15.9 Å². The summed E-state index contributed by atoms with van der Waals surface area (Å²) in [5.41, 5.74) is 8.24. The van der Waals surface area contributed by atoms with E-state index in [0.29, 0.717) is 11.7 Å². The van der Waals surface area contributed by atoms with Crippen LogP contribution in [-0.4, -0.2) is 47.9 Å². The van der Waals surface area contributed by atoms with Gasteiger partial charge in [0.15, 0.2) is 0 Å². The summed E-state index contributed by atoms with van der Waals surface area (Å²) in [6.45, 7) is 5.78. The van der Waals surface area contributed by atoms with Crippen LogP contribution in [0, 0.1) is 6.92 Å². The van der Waals surface area contributed by atoms with Crippen molar-refractivity contribution >= 4 is 27.5 Å². The smallest absolute Gasteiger partial charge is 0.254 e. The van der Waals surface area contributed by atoms with Gasteiger partial charge in [0.05, 0.1) is 0 Å². The van der Waals surface area contributed by atoms with Crippen LogP contribution in [-0.2, 0) is 0 Å². The number of anilines is 1. The zero-order chi connectivity index (χ0) is 14.3. The molecule has 1 aromatic carbocycles. The summed E-state index contributed by atoms with van der Waals surface area (Å²) in [6.07, 6.45) is 2.47. The number of amides is 1. The van der Waals surface area contributed by atoms with Crippen molar-refractivity contribution < 1.29 is 4.79 Å². The highest BCUT2D eigenvalue weighted by atomic mass is 79.9. The molecule has 20 heavy (non-hydrogen) atoms. The fourth-order valence-corrected chi connectivity index (χ4v) is 3.74. The molecule has 0 saturated carbocycles. The predicted octanol–water partition coefficient (Wildman–Crippen LogP) is 2.26. The Kier molecular flexibility index (Phi) is 3.73. The van der Waals surface area contributed by atoms with Crippen molar-refractivity contribution in [3.63, 3.8) is 0 Å². The van der Waals surface area contributed by atoms with E-state index in [1.807, 2.05) is 24.0 Å². The van der Waals surface area contributed by atoms with Gasteiger partial charge >= 0.3 is 0 Å². The molecule has 1 aromatic rings. The van der Waals surface area contributed by atoms with Crippen LogP contribution in [0.3, 0.4) is 0 Å². The first-order valence-corrected chi connectivity index (χ1v) is 7.94. The monoisotopic (exact) mass is 337 g/mol. The SMILES string of the molecule is Cc1c(N)cc(Br)cc1C(=O)N1CCN2CCCC2C1. The van der Waals surface area contributed by atoms with Gasteiger partial charge in [-0.05, 0) is 44.0 Å². The van der Waals surface area contributed by atoms with E-state index >= 15 is 0 Å². The van der Waals surface area contributed by atoms with Crippen LogP contribution >= 0.6 is 15.9 Å². The van der Waals surface area contributed by atoms with E-state index in [1.165, 1.54) is 19.4 Å². The van der Waals surface area contributed by atoms with Crippen molar-refractivity contribution in [2.75, 3.05) is 31.9 Å². The van der Waals surface area contributed by atoms with Crippen molar-refractivity contribution in [3.8, 4) is 0 Å². The molecular weight excluding hydrogens is 318 g/mol. The Balaban J connectivity index is 1.82. The van der Waals surface area contributed by atoms with E-state index in [2.05, 4.69) is 20.8 Å². The summed E-state index contributed by atoms with van der Waals surface area (Å²) in [5.74, 6) is 0.113. The number of carbonyl (C=O) groups is 1. The van der Waals surface area contributed by atoms with Crippen molar-refractivity contribution in [2.24, 2.45) is 0 Å². The van der Waals surface area contributed by atoms with Gasteiger partial charge in [0.2, 0.25) is 0 Å². The molecule has 0 radical (unpaired) electrons. The Labute approximate surface area is 128 Å². The minimum Gasteiger partial charge on any atom is -0.398 e. The van der Waals surface area contributed by atoms with E-state index in [1.54, 1.807) is 0 Å². The van der Waals surface area contributed by atoms with Crippen molar-refractivity contribution in [2.45, 2.75) is 25.8 Å². The van der Waals surface area contributed by atoms with E-state index in [-0.39, 0.29) is 5.91 Å². The van der Waals surface area contributed by atoms with E-state index in [0.717, 1.165) is 35.2 Å². The topological polar surface area (TPSA) is 49.6 Å². The lowest BCUT2D eigenvalue weighted by molar-refractivity contribution is 0.0570. The van der Waals surface area contributed by atoms with Gasteiger partial charge in [-0.2, -0.15) is 0 Å². The van der Waals surface area contributed by atoms with Crippen LogP contribution in [0.5, 0.6) is 0 Å². The minimum atomic E-state index is 0.113. The second kappa shape index (κ2) is 5.37. The first-order valence-electron chi connectivity index (χ1n) is 7.15. The van der Waals surface area contributed by atoms with Crippen molar-refractivity contribution in [1.82, 2.24) is 9.80 Å². The van der Waals surface area contributed by atoms with Crippen molar-refractivity contribution in [3.05, 3.63) is 27.7 Å². The zero-order valence-corrected chi connectivity index (χ0v) is 13.3. The molecule has 2 aliphatic heterocycles. The average molecular weight is 338 g/mol. The molecule has 0 aliphatic carbocycles. The second-order valence-electron chi connectivity index (χ2n) is 5.75. The Morgan fingerprint density at radius 3 is 2.95 bits per heavy atom. The third-order valence-electron chi connectivity index (χ3n) is 4.52. The summed E-state index contributed by atoms with van der Waals surface area (Å²) in [7, 11) is 0. The molecule has 2 fully saturated rings. The molecule has 4 nitrogen and oxygen atoms in total. The standard InChI is InChI=1S/C15H20BrN3O/c1-10-13(7-11(16)8-14(10)17)15(20)19-6-5-18-4-2-3-12(18)9-19/h7-8,12H,2-6,9,17H2,1H3. The van der Waals surface area contributed by atoms with Crippen LogP contribution in [0.25, 0.3) is 0 Å². The number of nitrogen functional groups attached to an aromatic ring is 1. The Bertz CT molecular complexity index is 546. The van der Waals surface area contributed by atoms with Crippen LogP contribution < -0.4 is 5.73 Å². The highest BCUT2D eigenvalue weighted by molar-refractivity contribution is 9.10. The third kappa shape index (κ3) is 2.44. The van der Waals surface area contributed by atoms with E-state index in [9.17, 15) is 4.79 Å². The molecule has 2 aliphatic rings. The number of benzene rings is 1. The number of fused-ring (bicyclic) bond motifs is 1. The van der Waals surface area contributed by atoms with E-state index < -0.39 is 0 Å². The Hall–Kier alpha value is -1.07. The molecule has 1 unspecified atom stereocenters. The van der Waals surface area contributed by atoms with Gasteiger partial charge in [0, 0.05) is 41.4 Å². The zero-order valence-electron chi connectivity index (χ0n) is 11.7. The number of nitrogens with two attached hydrogens (primary N) is 1. The number of carbonyl (C=O) groups excluding carboxylic acids is 1. The molecule has 2 N–H and O–H groups in total. The minimum absolute atomic E-state index is 0.113. The van der Waals surface area contributed by atoms with Crippen LogP contribution in [0.4, 0.5) is 5.69 Å². The second-order valence-corrected chi connectivity index (χ2v) is 6.67. The maximum absolute atomic E-state index is 12.7. The lowest BCUT2D eigenvalue weighted by Crippen LogP contribution is -2.52.